The number of aromatic nitrogens is 1. The SMILES string of the molecule is CCNC(=NCc1ccc(C)cc1OCCOCC)NCCc1c(C)noc1C.I. The highest BCUT2D eigenvalue weighted by Gasteiger charge is 2.09. The topological polar surface area (TPSA) is 80.9 Å². The molecule has 7 nitrogen and oxygen atoms in total. The Kier molecular flexibility index (Phi) is 12.4. The largest absolute Gasteiger partial charge is 0.491 e. The van der Waals surface area contributed by atoms with Crippen LogP contribution in [0.15, 0.2) is 27.7 Å². The molecule has 0 amide bonds. The maximum atomic E-state index is 5.92. The minimum atomic E-state index is 0. The Morgan fingerprint density at radius 2 is 1.93 bits per heavy atom. The van der Waals surface area contributed by atoms with Gasteiger partial charge >= 0.3 is 0 Å². The van der Waals surface area contributed by atoms with Crippen LogP contribution >= 0.6 is 24.0 Å². The van der Waals surface area contributed by atoms with Crippen LogP contribution in [-0.2, 0) is 17.7 Å². The second-order valence-corrected chi connectivity index (χ2v) is 6.83. The minimum Gasteiger partial charge on any atom is -0.491 e. The van der Waals surface area contributed by atoms with Crippen LogP contribution in [0.25, 0.3) is 0 Å². The Morgan fingerprint density at radius 3 is 2.60 bits per heavy atom. The number of guanidine groups is 1. The summed E-state index contributed by atoms with van der Waals surface area (Å²) in [4.78, 5) is 4.73. The van der Waals surface area contributed by atoms with E-state index >= 15 is 0 Å². The fourth-order valence-electron chi connectivity index (χ4n) is 2.95. The molecule has 2 N–H and O–H groups in total. The van der Waals surface area contributed by atoms with E-state index < -0.39 is 0 Å². The van der Waals surface area contributed by atoms with E-state index in [2.05, 4.69) is 47.8 Å². The lowest BCUT2D eigenvalue weighted by atomic mass is 10.1. The van der Waals surface area contributed by atoms with Gasteiger partial charge in [0, 0.05) is 30.8 Å². The molecule has 1 aromatic heterocycles. The summed E-state index contributed by atoms with van der Waals surface area (Å²) in [7, 11) is 0. The number of aryl methyl sites for hydroxylation is 3. The van der Waals surface area contributed by atoms with E-state index in [9.17, 15) is 0 Å². The van der Waals surface area contributed by atoms with Crippen LogP contribution < -0.4 is 15.4 Å². The molecule has 1 heterocycles. The summed E-state index contributed by atoms with van der Waals surface area (Å²) in [6.45, 7) is 13.9. The number of nitrogens with one attached hydrogen (secondary N) is 2. The quantitative estimate of drug-likeness (QED) is 0.198. The van der Waals surface area contributed by atoms with Crippen molar-refractivity contribution < 1.29 is 14.0 Å². The van der Waals surface area contributed by atoms with Gasteiger partial charge in [-0.15, -0.1) is 24.0 Å². The van der Waals surface area contributed by atoms with Crippen molar-refractivity contribution in [3.63, 3.8) is 0 Å². The summed E-state index contributed by atoms with van der Waals surface area (Å²) >= 11 is 0. The number of hydrogen-bond acceptors (Lipinski definition) is 5. The zero-order valence-corrected chi connectivity index (χ0v) is 21.0. The van der Waals surface area contributed by atoms with Gasteiger partial charge in [-0.2, -0.15) is 0 Å². The lowest BCUT2D eigenvalue weighted by Crippen LogP contribution is -2.38. The maximum Gasteiger partial charge on any atom is 0.191 e. The first-order valence-corrected chi connectivity index (χ1v) is 10.3. The molecular weight excluding hydrogens is 495 g/mol. The van der Waals surface area contributed by atoms with E-state index in [4.69, 9.17) is 19.0 Å². The maximum absolute atomic E-state index is 5.92. The second kappa shape index (κ2) is 14.2. The number of halogens is 1. The molecule has 0 atom stereocenters. The first-order valence-electron chi connectivity index (χ1n) is 10.3. The van der Waals surface area contributed by atoms with Gasteiger partial charge in [0.25, 0.3) is 0 Å². The highest BCUT2D eigenvalue weighted by Crippen LogP contribution is 2.21. The lowest BCUT2D eigenvalue weighted by Gasteiger charge is -2.14. The van der Waals surface area contributed by atoms with Gasteiger partial charge in [-0.3, -0.25) is 0 Å². The summed E-state index contributed by atoms with van der Waals surface area (Å²) in [5.74, 6) is 2.51. The number of ether oxygens (including phenoxy) is 2. The zero-order chi connectivity index (χ0) is 21.1. The Bertz CT molecular complexity index is 773. The van der Waals surface area contributed by atoms with Crippen LogP contribution in [0, 0.1) is 20.8 Å². The Hall–Kier alpha value is -1.81. The second-order valence-electron chi connectivity index (χ2n) is 6.83. The van der Waals surface area contributed by atoms with Crippen molar-refractivity contribution in [1.82, 2.24) is 15.8 Å². The first-order chi connectivity index (χ1) is 14.0. The molecule has 8 heteroatoms. The monoisotopic (exact) mass is 530 g/mol. The number of hydrogen-bond donors (Lipinski definition) is 2. The molecule has 2 aromatic rings. The van der Waals surface area contributed by atoms with Crippen LogP contribution in [0.3, 0.4) is 0 Å². The highest BCUT2D eigenvalue weighted by molar-refractivity contribution is 14.0. The van der Waals surface area contributed by atoms with Gasteiger partial charge < -0.3 is 24.6 Å². The van der Waals surface area contributed by atoms with Crippen molar-refractivity contribution in [2.24, 2.45) is 4.99 Å². The smallest absolute Gasteiger partial charge is 0.191 e. The third-order valence-electron chi connectivity index (χ3n) is 4.51. The molecule has 0 bridgehead atoms. The molecule has 168 valence electrons. The van der Waals surface area contributed by atoms with E-state index in [-0.39, 0.29) is 24.0 Å². The molecule has 1 aromatic carbocycles. The average Bonchev–Trinajstić information content (AvgIpc) is 3.02. The van der Waals surface area contributed by atoms with E-state index in [1.165, 1.54) is 0 Å². The predicted octanol–water partition coefficient (Wildman–Crippen LogP) is 3.93. The summed E-state index contributed by atoms with van der Waals surface area (Å²) in [6, 6.07) is 6.20. The molecule has 2 rings (SSSR count). The number of aliphatic imine (C=N–C) groups is 1. The summed E-state index contributed by atoms with van der Waals surface area (Å²) in [5, 5.41) is 10.7. The number of benzene rings is 1. The molecule has 0 saturated carbocycles. The average molecular weight is 530 g/mol. The van der Waals surface area contributed by atoms with Gasteiger partial charge in [-0.1, -0.05) is 17.3 Å². The third kappa shape index (κ3) is 8.51. The molecule has 0 aliphatic heterocycles. The van der Waals surface area contributed by atoms with Crippen LogP contribution in [0.1, 0.15) is 42.0 Å². The van der Waals surface area contributed by atoms with Gasteiger partial charge in [-0.05, 0) is 52.7 Å². The Balaban J connectivity index is 0.00000450. The number of rotatable bonds is 11. The minimum absolute atomic E-state index is 0. The first kappa shape index (κ1) is 26.2. The van der Waals surface area contributed by atoms with Crippen LogP contribution in [0.4, 0.5) is 0 Å². The number of nitrogens with zero attached hydrogens (tertiary/aromatic N) is 2. The van der Waals surface area contributed by atoms with Crippen molar-refractivity contribution in [3.05, 3.63) is 46.3 Å². The van der Waals surface area contributed by atoms with Crippen molar-refractivity contribution in [2.75, 3.05) is 32.9 Å². The third-order valence-corrected chi connectivity index (χ3v) is 4.51. The van der Waals surface area contributed by atoms with Gasteiger partial charge in [0.2, 0.25) is 0 Å². The van der Waals surface area contributed by atoms with E-state index in [0.717, 1.165) is 59.4 Å². The summed E-state index contributed by atoms with van der Waals surface area (Å²) in [5.41, 5.74) is 4.31. The molecule has 30 heavy (non-hydrogen) atoms. The van der Waals surface area contributed by atoms with Gasteiger partial charge in [0.15, 0.2) is 5.96 Å². The fraction of sp³-hybridized carbons (Fsp3) is 0.545. The molecule has 0 aliphatic carbocycles. The Morgan fingerprint density at radius 1 is 1.13 bits per heavy atom. The van der Waals surface area contributed by atoms with Crippen LogP contribution in [0.2, 0.25) is 0 Å². The van der Waals surface area contributed by atoms with Gasteiger partial charge in [0.05, 0.1) is 18.8 Å². The van der Waals surface area contributed by atoms with Crippen molar-refractivity contribution in [1.29, 1.82) is 0 Å². The molecule has 0 aliphatic rings. The van der Waals surface area contributed by atoms with Crippen LogP contribution in [0.5, 0.6) is 5.75 Å². The van der Waals surface area contributed by atoms with E-state index in [1.807, 2.05) is 20.8 Å². The van der Waals surface area contributed by atoms with Crippen molar-refractivity contribution in [3.8, 4) is 5.75 Å². The zero-order valence-electron chi connectivity index (χ0n) is 18.7. The van der Waals surface area contributed by atoms with Gasteiger partial charge in [0.1, 0.15) is 18.1 Å². The summed E-state index contributed by atoms with van der Waals surface area (Å²) in [6.07, 6.45) is 0.835. The molecular formula is C22H35IN4O3. The molecule has 0 saturated heterocycles. The van der Waals surface area contributed by atoms with Gasteiger partial charge in [-0.25, -0.2) is 4.99 Å². The van der Waals surface area contributed by atoms with Crippen molar-refractivity contribution >= 4 is 29.9 Å². The molecule has 0 fully saturated rings. The summed E-state index contributed by atoms with van der Waals surface area (Å²) < 4.78 is 16.5. The standard InChI is InChI=1S/C22H34N4O3.HI/c1-6-23-22(24-11-10-20-17(4)26-29-18(20)5)25-15-19-9-8-16(3)14-21(19)28-13-12-27-7-2;/h8-9,14H,6-7,10-13,15H2,1-5H3,(H2,23,24,25);1H. The highest BCUT2D eigenvalue weighted by atomic mass is 127. The normalized spacial score (nSPS) is 11.2. The van der Waals surface area contributed by atoms with Crippen molar-refractivity contribution in [2.45, 2.75) is 47.6 Å². The van der Waals surface area contributed by atoms with E-state index in [1.54, 1.807) is 0 Å². The molecule has 0 radical (unpaired) electrons. The fourth-order valence-corrected chi connectivity index (χ4v) is 2.95. The van der Waals surface area contributed by atoms with Crippen LogP contribution in [-0.4, -0.2) is 44.0 Å². The molecule has 0 spiro atoms. The van der Waals surface area contributed by atoms with E-state index in [0.29, 0.717) is 26.4 Å². The Labute approximate surface area is 197 Å². The molecule has 0 unspecified atom stereocenters. The predicted molar refractivity (Wildman–Crippen MR) is 131 cm³/mol. The lowest BCUT2D eigenvalue weighted by molar-refractivity contribution is 0.110.